The van der Waals surface area contributed by atoms with E-state index in [2.05, 4.69) is 15.2 Å². The van der Waals surface area contributed by atoms with Gasteiger partial charge in [-0.25, -0.2) is 4.79 Å². The minimum atomic E-state index is -0.778. The molecule has 0 aliphatic carbocycles. The van der Waals surface area contributed by atoms with Gasteiger partial charge in [0.2, 0.25) is 0 Å². The first-order valence-corrected chi connectivity index (χ1v) is 10.4. The number of pyridine rings is 1. The lowest BCUT2D eigenvalue weighted by molar-refractivity contribution is 0.100. The fourth-order valence-electron chi connectivity index (χ4n) is 4.04. The summed E-state index contributed by atoms with van der Waals surface area (Å²) >= 11 is 0. The summed E-state index contributed by atoms with van der Waals surface area (Å²) in [6.07, 6.45) is 3.75. The molecule has 3 aromatic rings. The van der Waals surface area contributed by atoms with Gasteiger partial charge in [-0.3, -0.25) is 9.78 Å². The molecule has 8 nitrogen and oxygen atoms in total. The number of anilines is 3. The van der Waals surface area contributed by atoms with Crippen molar-refractivity contribution in [3.05, 3.63) is 84.2 Å². The van der Waals surface area contributed by atoms with Crippen LogP contribution in [0.15, 0.2) is 73.1 Å². The molecular formula is C24H25N5O3. The van der Waals surface area contributed by atoms with E-state index in [0.29, 0.717) is 36.3 Å². The van der Waals surface area contributed by atoms with Crippen LogP contribution in [0.2, 0.25) is 0 Å². The Hall–Kier alpha value is -4.07. The molecule has 0 radical (unpaired) electrons. The van der Waals surface area contributed by atoms with Gasteiger partial charge in [0.1, 0.15) is 6.10 Å². The molecule has 164 valence electrons. The molecule has 1 aromatic heterocycles. The van der Waals surface area contributed by atoms with Crippen LogP contribution in [0.4, 0.5) is 21.9 Å². The molecule has 2 atom stereocenters. The second-order valence-corrected chi connectivity index (χ2v) is 7.68. The lowest BCUT2D eigenvalue weighted by Gasteiger charge is -2.29. The van der Waals surface area contributed by atoms with E-state index in [9.17, 15) is 9.59 Å². The van der Waals surface area contributed by atoms with E-state index in [0.717, 1.165) is 11.3 Å². The Morgan fingerprint density at radius 3 is 2.56 bits per heavy atom. The summed E-state index contributed by atoms with van der Waals surface area (Å²) in [6, 6.07) is 18.2. The van der Waals surface area contributed by atoms with E-state index < -0.39 is 6.09 Å². The minimum absolute atomic E-state index is 0.0875. The number of aromatic nitrogens is 1. The van der Waals surface area contributed by atoms with Gasteiger partial charge in [-0.2, -0.15) is 0 Å². The molecule has 1 fully saturated rings. The van der Waals surface area contributed by atoms with Crippen molar-refractivity contribution in [3.8, 4) is 0 Å². The maximum absolute atomic E-state index is 12.6. The van der Waals surface area contributed by atoms with E-state index in [1.54, 1.807) is 36.7 Å². The van der Waals surface area contributed by atoms with Crippen molar-refractivity contribution >= 4 is 29.1 Å². The van der Waals surface area contributed by atoms with Crippen LogP contribution in [0.5, 0.6) is 0 Å². The number of benzene rings is 2. The summed E-state index contributed by atoms with van der Waals surface area (Å²) in [5.41, 5.74) is 14.8. The van der Waals surface area contributed by atoms with E-state index >= 15 is 0 Å². The number of ether oxygens (including phenoxy) is 1. The quantitative estimate of drug-likeness (QED) is 0.515. The average molecular weight is 431 g/mol. The van der Waals surface area contributed by atoms with Gasteiger partial charge in [0.25, 0.3) is 5.91 Å². The Labute approximate surface area is 186 Å². The third-order valence-electron chi connectivity index (χ3n) is 5.59. The molecule has 0 spiro atoms. The molecule has 1 aliphatic heterocycles. The molecular weight excluding hydrogens is 406 g/mol. The van der Waals surface area contributed by atoms with Gasteiger partial charge in [0.05, 0.1) is 17.4 Å². The Morgan fingerprint density at radius 2 is 1.88 bits per heavy atom. The van der Waals surface area contributed by atoms with Crippen LogP contribution in [0.25, 0.3) is 0 Å². The van der Waals surface area contributed by atoms with Crippen molar-refractivity contribution in [3.63, 3.8) is 0 Å². The normalized spacial score (nSPS) is 17.7. The van der Waals surface area contributed by atoms with Crippen molar-refractivity contribution in [2.45, 2.75) is 25.0 Å². The number of amides is 2. The van der Waals surface area contributed by atoms with Crippen LogP contribution >= 0.6 is 0 Å². The van der Waals surface area contributed by atoms with E-state index in [4.69, 9.17) is 16.2 Å². The van der Waals surface area contributed by atoms with Crippen molar-refractivity contribution in [1.82, 2.24) is 4.98 Å². The van der Waals surface area contributed by atoms with Gasteiger partial charge in [0, 0.05) is 36.6 Å². The van der Waals surface area contributed by atoms with Crippen LogP contribution in [0.1, 0.15) is 22.3 Å². The zero-order chi connectivity index (χ0) is 22.5. The highest BCUT2D eigenvalue weighted by molar-refractivity contribution is 6.05. The first-order chi connectivity index (χ1) is 15.5. The second-order valence-electron chi connectivity index (χ2n) is 7.68. The number of nitrogens with zero attached hydrogens (tertiary/aromatic N) is 2. The zero-order valence-electron chi connectivity index (χ0n) is 17.5. The van der Waals surface area contributed by atoms with Crippen molar-refractivity contribution < 1.29 is 14.3 Å². The predicted molar refractivity (Wildman–Crippen MR) is 123 cm³/mol. The van der Waals surface area contributed by atoms with E-state index in [1.807, 2.05) is 36.4 Å². The lowest BCUT2D eigenvalue weighted by atomic mass is 10.0. The Morgan fingerprint density at radius 1 is 1.09 bits per heavy atom. The fraction of sp³-hybridized carbons (Fsp3) is 0.208. The van der Waals surface area contributed by atoms with Gasteiger partial charge in [-0.05, 0) is 54.4 Å². The number of nitrogens with one attached hydrogen (secondary N) is 1. The van der Waals surface area contributed by atoms with Crippen molar-refractivity contribution in [1.29, 1.82) is 0 Å². The summed E-state index contributed by atoms with van der Waals surface area (Å²) < 4.78 is 5.39. The molecule has 32 heavy (non-hydrogen) atoms. The minimum Gasteiger partial charge on any atom is -0.444 e. The molecule has 4 rings (SSSR count). The van der Waals surface area contributed by atoms with Crippen LogP contribution in [-0.2, 0) is 11.2 Å². The third kappa shape index (κ3) is 4.80. The second kappa shape index (κ2) is 9.38. The van der Waals surface area contributed by atoms with E-state index in [1.165, 1.54) is 0 Å². The number of nitrogen functional groups attached to an aromatic ring is 1. The zero-order valence-corrected chi connectivity index (χ0v) is 17.5. The molecule has 2 amide bonds. The van der Waals surface area contributed by atoms with Crippen LogP contribution < -0.4 is 21.7 Å². The van der Waals surface area contributed by atoms with Gasteiger partial charge >= 0.3 is 6.09 Å². The number of rotatable bonds is 6. The molecule has 1 saturated heterocycles. The number of hydrogen-bond acceptors (Lipinski definition) is 6. The summed E-state index contributed by atoms with van der Waals surface area (Å²) in [5, 5.41) is 2.83. The Balaban J connectivity index is 1.51. The predicted octanol–water partition coefficient (Wildman–Crippen LogP) is 3.20. The number of primary amides is 1. The first kappa shape index (κ1) is 21.2. The van der Waals surface area contributed by atoms with Gasteiger partial charge < -0.3 is 26.4 Å². The summed E-state index contributed by atoms with van der Waals surface area (Å²) in [4.78, 5) is 30.4. The largest absolute Gasteiger partial charge is 0.444 e. The maximum Gasteiger partial charge on any atom is 0.404 e. The molecule has 2 heterocycles. The van der Waals surface area contributed by atoms with Crippen molar-refractivity contribution in [2.75, 3.05) is 22.5 Å². The molecule has 2 unspecified atom stereocenters. The summed E-state index contributed by atoms with van der Waals surface area (Å²) in [6.45, 7) is 0.703. The monoisotopic (exact) mass is 431 g/mol. The molecule has 1 aliphatic rings. The highest BCUT2D eigenvalue weighted by Gasteiger charge is 2.36. The first-order valence-electron chi connectivity index (χ1n) is 10.4. The Bertz CT molecular complexity index is 1090. The number of carbonyl (C=O) groups excluding carboxylic acids is 2. The topological polar surface area (TPSA) is 124 Å². The standard InChI is InChI=1S/C24H25N5O3/c25-19-5-1-2-6-20(19)28-23(30)17-7-9-18(10-8-17)29-13-11-22(32-24(26)31)21(29)14-16-4-3-12-27-15-16/h1-10,12,15,21-22H,11,13-14,25H2,(H2,26,31)(H,28,30). The number of para-hydroxylation sites is 2. The van der Waals surface area contributed by atoms with Crippen LogP contribution in [0, 0.1) is 0 Å². The van der Waals surface area contributed by atoms with Gasteiger partial charge in [0.15, 0.2) is 0 Å². The SMILES string of the molecule is NC(=O)OC1CCN(c2ccc(C(=O)Nc3ccccc3N)cc2)C1Cc1cccnc1. The molecule has 2 aromatic carbocycles. The average Bonchev–Trinajstić information content (AvgIpc) is 3.17. The fourth-order valence-corrected chi connectivity index (χ4v) is 4.04. The number of hydrogen-bond donors (Lipinski definition) is 3. The lowest BCUT2D eigenvalue weighted by Crippen LogP contribution is -2.40. The van der Waals surface area contributed by atoms with Crippen molar-refractivity contribution in [2.24, 2.45) is 5.73 Å². The maximum atomic E-state index is 12.6. The summed E-state index contributed by atoms with van der Waals surface area (Å²) in [7, 11) is 0. The highest BCUT2D eigenvalue weighted by Crippen LogP contribution is 2.30. The molecule has 8 heteroatoms. The highest BCUT2D eigenvalue weighted by atomic mass is 16.6. The molecule has 0 saturated carbocycles. The van der Waals surface area contributed by atoms with Gasteiger partial charge in [-0.1, -0.05) is 18.2 Å². The van der Waals surface area contributed by atoms with E-state index in [-0.39, 0.29) is 18.1 Å². The smallest absolute Gasteiger partial charge is 0.404 e. The molecule has 5 N–H and O–H groups in total. The van der Waals surface area contributed by atoms with Gasteiger partial charge in [-0.15, -0.1) is 0 Å². The Kier molecular flexibility index (Phi) is 6.21. The number of carbonyl (C=O) groups is 2. The number of nitrogens with two attached hydrogens (primary N) is 2. The van der Waals surface area contributed by atoms with Crippen LogP contribution in [-0.4, -0.2) is 35.7 Å². The molecule has 0 bridgehead atoms. The summed E-state index contributed by atoms with van der Waals surface area (Å²) in [5.74, 6) is -0.238. The third-order valence-corrected chi connectivity index (χ3v) is 5.59. The van der Waals surface area contributed by atoms with Crippen LogP contribution in [0.3, 0.4) is 0 Å².